The van der Waals surface area contributed by atoms with Crippen LogP contribution < -0.4 is 0 Å². The first-order valence-electron chi connectivity index (χ1n) is 6.16. The van der Waals surface area contributed by atoms with Crippen molar-refractivity contribution in [1.82, 2.24) is 0 Å². The molecule has 2 heteroatoms. The fourth-order valence-corrected chi connectivity index (χ4v) is 1.70. The average Bonchev–Trinajstić information content (AvgIpc) is 2.41. The van der Waals surface area contributed by atoms with Gasteiger partial charge in [0, 0.05) is 0 Å². The molecule has 0 amide bonds. The van der Waals surface area contributed by atoms with Crippen molar-refractivity contribution < 1.29 is 9.53 Å². The molecule has 0 saturated heterocycles. The van der Waals surface area contributed by atoms with Gasteiger partial charge < -0.3 is 4.74 Å². The predicted octanol–water partition coefficient (Wildman–Crippen LogP) is 4.13. The Morgan fingerprint density at radius 3 is 2.37 bits per heavy atom. The van der Waals surface area contributed by atoms with E-state index in [1.807, 2.05) is 50.2 Å². The highest BCUT2D eigenvalue weighted by Gasteiger charge is 2.04. The highest BCUT2D eigenvalue weighted by molar-refractivity contribution is 5.90. The average molecular weight is 252 g/mol. The van der Waals surface area contributed by atoms with Crippen molar-refractivity contribution in [3.05, 3.63) is 77.0 Å². The molecule has 2 aromatic rings. The van der Waals surface area contributed by atoms with Crippen LogP contribution in [-0.4, -0.2) is 5.97 Å². The van der Waals surface area contributed by atoms with Crippen LogP contribution in [-0.2, 0) is 4.74 Å². The Hall–Kier alpha value is -2.35. The van der Waals surface area contributed by atoms with Gasteiger partial charge in [-0.3, -0.25) is 0 Å². The van der Waals surface area contributed by atoms with Crippen molar-refractivity contribution in [3.63, 3.8) is 0 Å². The van der Waals surface area contributed by atoms with Gasteiger partial charge in [0.05, 0.1) is 11.8 Å². The van der Waals surface area contributed by atoms with Crippen molar-refractivity contribution in [1.29, 1.82) is 0 Å². The lowest BCUT2D eigenvalue weighted by Crippen LogP contribution is -2.00. The summed E-state index contributed by atoms with van der Waals surface area (Å²) < 4.78 is 5.11. The summed E-state index contributed by atoms with van der Waals surface area (Å²) in [5.41, 5.74) is 3.86. The van der Waals surface area contributed by atoms with Crippen LogP contribution in [0, 0.1) is 13.8 Å². The molecule has 19 heavy (non-hydrogen) atoms. The zero-order valence-electron chi connectivity index (χ0n) is 11.1. The van der Waals surface area contributed by atoms with E-state index in [1.165, 1.54) is 6.26 Å². The van der Waals surface area contributed by atoms with Crippen molar-refractivity contribution in [2.75, 3.05) is 0 Å². The van der Waals surface area contributed by atoms with Gasteiger partial charge >= 0.3 is 5.97 Å². The van der Waals surface area contributed by atoms with Crippen LogP contribution >= 0.6 is 0 Å². The van der Waals surface area contributed by atoms with Crippen LogP contribution in [0.1, 0.15) is 27.0 Å². The van der Waals surface area contributed by atoms with Gasteiger partial charge in [-0.15, -0.1) is 0 Å². The van der Waals surface area contributed by atoms with Crippen LogP contribution in [0.15, 0.2) is 54.8 Å². The lowest BCUT2D eigenvalue weighted by atomic mass is 10.1. The molecule has 0 aliphatic carbocycles. The van der Waals surface area contributed by atoms with Gasteiger partial charge in [0.15, 0.2) is 0 Å². The summed E-state index contributed by atoms with van der Waals surface area (Å²) in [6.07, 6.45) is 3.23. The molecule has 0 radical (unpaired) electrons. The molecule has 0 fully saturated rings. The molecule has 0 aliphatic heterocycles. The Balaban J connectivity index is 2.01. The Kier molecular flexibility index (Phi) is 4.14. The third kappa shape index (κ3) is 3.55. The molecule has 0 heterocycles. The van der Waals surface area contributed by atoms with Gasteiger partial charge in [-0.05, 0) is 43.2 Å². The smallest absolute Gasteiger partial charge is 0.342 e. The molecule has 0 spiro atoms. The zero-order chi connectivity index (χ0) is 13.7. The maximum atomic E-state index is 11.8. The molecular weight excluding hydrogens is 236 g/mol. The standard InChI is InChI=1S/C17H16O2/c1-13-7-9-16(10-8-13)17(18)19-12-11-15-6-4-3-5-14(15)2/h3-12H,1-2H3. The third-order valence-electron chi connectivity index (χ3n) is 2.90. The summed E-state index contributed by atoms with van der Waals surface area (Å²) in [4.78, 5) is 11.8. The first-order valence-corrected chi connectivity index (χ1v) is 6.16. The Bertz CT molecular complexity index is 595. The van der Waals surface area contributed by atoms with Crippen molar-refractivity contribution >= 4 is 12.0 Å². The Morgan fingerprint density at radius 2 is 1.68 bits per heavy atom. The molecule has 2 nitrogen and oxygen atoms in total. The van der Waals surface area contributed by atoms with E-state index in [9.17, 15) is 4.79 Å². The minimum absolute atomic E-state index is 0.343. The van der Waals surface area contributed by atoms with Gasteiger partial charge in [-0.1, -0.05) is 42.0 Å². The highest BCUT2D eigenvalue weighted by atomic mass is 16.5. The van der Waals surface area contributed by atoms with Crippen molar-refractivity contribution in [2.45, 2.75) is 13.8 Å². The second kappa shape index (κ2) is 6.01. The molecular formula is C17H16O2. The summed E-state index contributed by atoms with van der Waals surface area (Å²) in [6, 6.07) is 15.2. The molecule has 96 valence electrons. The lowest BCUT2D eigenvalue weighted by Gasteiger charge is -2.01. The molecule has 0 aliphatic rings. The number of rotatable bonds is 3. The third-order valence-corrected chi connectivity index (χ3v) is 2.90. The highest BCUT2D eigenvalue weighted by Crippen LogP contribution is 2.10. The first kappa shape index (κ1) is 13.1. The number of hydrogen-bond donors (Lipinski definition) is 0. The Labute approximate surface area is 113 Å². The van der Waals surface area contributed by atoms with Gasteiger partial charge in [-0.25, -0.2) is 4.79 Å². The topological polar surface area (TPSA) is 26.3 Å². The van der Waals surface area contributed by atoms with E-state index >= 15 is 0 Å². The number of benzene rings is 2. The molecule has 0 atom stereocenters. The Morgan fingerprint density at radius 1 is 1.00 bits per heavy atom. The van der Waals surface area contributed by atoms with Gasteiger partial charge in [0.25, 0.3) is 0 Å². The second-order valence-electron chi connectivity index (χ2n) is 4.43. The molecule has 2 rings (SSSR count). The molecule has 0 aromatic heterocycles. The lowest BCUT2D eigenvalue weighted by molar-refractivity contribution is 0.0665. The molecule has 0 bridgehead atoms. The van der Waals surface area contributed by atoms with Crippen LogP contribution in [0.5, 0.6) is 0 Å². The summed E-state index contributed by atoms with van der Waals surface area (Å²) >= 11 is 0. The molecule has 0 saturated carbocycles. The van der Waals surface area contributed by atoms with Crippen LogP contribution in [0.2, 0.25) is 0 Å². The normalized spacial score (nSPS) is 10.6. The quantitative estimate of drug-likeness (QED) is 0.606. The number of carbonyl (C=O) groups is 1. The monoisotopic (exact) mass is 252 g/mol. The minimum Gasteiger partial charge on any atom is -0.431 e. The molecule has 0 N–H and O–H groups in total. The summed E-state index contributed by atoms with van der Waals surface area (Å²) in [5.74, 6) is -0.343. The SMILES string of the molecule is Cc1ccc(C(=O)OC=Cc2ccccc2C)cc1. The van der Waals surface area contributed by atoms with E-state index in [0.29, 0.717) is 5.56 Å². The fraction of sp³-hybridized carbons (Fsp3) is 0.118. The van der Waals surface area contributed by atoms with Gasteiger partial charge in [0.2, 0.25) is 0 Å². The second-order valence-corrected chi connectivity index (χ2v) is 4.43. The first-order chi connectivity index (χ1) is 9.16. The minimum atomic E-state index is -0.343. The number of hydrogen-bond acceptors (Lipinski definition) is 2. The summed E-state index contributed by atoms with van der Waals surface area (Å²) in [7, 11) is 0. The van der Waals surface area contributed by atoms with E-state index in [1.54, 1.807) is 18.2 Å². The van der Waals surface area contributed by atoms with E-state index in [-0.39, 0.29) is 5.97 Å². The predicted molar refractivity (Wildman–Crippen MR) is 76.8 cm³/mol. The zero-order valence-corrected chi connectivity index (χ0v) is 11.1. The summed E-state index contributed by atoms with van der Waals surface area (Å²) in [6.45, 7) is 3.99. The van der Waals surface area contributed by atoms with Crippen LogP contribution in [0.25, 0.3) is 6.08 Å². The molecule has 2 aromatic carbocycles. The summed E-state index contributed by atoms with van der Waals surface area (Å²) in [5, 5.41) is 0. The largest absolute Gasteiger partial charge is 0.431 e. The van der Waals surface area contributed by atoms with E-state index in [2.05, 4.69) is 0 Å². The maximum Gasteiger partial charge on any atom is 0.342 e. The number of esters is 1. The van der Waals surface area contributed by atoms with Gasteiger partial charge in [-0.2, -0.15) is 0 Å². The van der Waals surface area contributed by atoms with E-state index in [4.69, 9.17) is 4.74 Å². The van der Waals surface area contributed by atoms with Crippen molar-refractivity contribution in [3.8, 4) is 0 Å². The van der Waals surface area contributed by atoms with E-state index in [0.717, 1.165) is 16.7 Å². The number of ether oxygens (including phenoxy) is 1. The fourth-order valence-electron chi connectivity index (χ4n) is 1.70. The number of aryl methyl sites for hydroxylation is 2. The van der Waals surface area contributed by atoms with E-state index < -0.39 is 0 Å². The van der Waals surface area contributed by atoms with Gasteiger partial charge in [0.1, 0.15) is 0 Å². The van der Waals surface area contributed by atoms with Crippen LogP contribution in [0.4, 0.5) is 0 Å². The van der Waals surface area contributed by atoms with Crippen LogP contribution in [0.3, 0.4) is 0 Å². The van der Waals surface area contributed by atoms with Crippen molar-refractivity contribution in [2.24, 2.45) is 0 Å². The maximum absolute atomic E-state index is 11.8. The number of carbonyl (C=O) groups excluding carboxylic acids is 1. The molecule has 0 unspecified atom stereocenters.